The molecule has 0 radical (unpaired) electrons. The molecule has 0 unspecified atom stereocenters. The van der Waals surface area contributed by atoms with Crippen LogP contribution in [0, 0.1) is 5.82 Å². The van der Waals surface area contributed by atoms with Crippen LogP contribution in [0.1, 0.15) is 6.92 Å². The third-order valence-electron chi connectivity index (χ3n) is 2.80. The number of nitrogens with one attached hydrogen (secondary N) is 3. The van der Waals surface area contributed by atoms with Crippen LogP contribution in [0.4, 0.5) is 21.8 Å². The summed E-state index contributed by atoms with van der Waals surface area (Å²) in [5.74, 6) is 0.537. The van der Waals surface area contributed by atoms with E-state index >= 15 is 0 Å². The summed E-state index contributed by atoms with van der Waals surface area (Å²) in [6.45, 7) is 2.62. The highest BCUT2D eigenvalue weighted by molar-refractivity contribution is 9.10. The van der Waals surface area contributed by atoms with Gasteiger partial charge in [0.2, 0.25) is 5.95 Å². The van der Waals surface area contributed by atoms with Crippen LogP contribution in [0.15, 0.2) is 29.0 Å². The topological polar surface area (TPSA) is 78.5 Å². The van der Waals surface area contributed by atoms with Gasteiger partial charge in [-0.25, -0.2) is 9.37 Å². The lowest BCUT2D eigenvalue weighted by molar-refractivity contribution is 0.631. The number of halogens is 2. The van der Waals surface area contributed by atoms with E-state index in [9.17, 15) is 4.39 Å². The molecule has 3 N–H and O–H groups in total. The van der Waals surface area contributed by atoms with Gasteiger partial charge in [-0.2, -0.15) is 9.97 Å². The van der Waals surface area contributed by atoms with E-state index in [4.69, 9.17) is 0 Å². The van der Waals surface area contributed by atoms with Gasteiger partial charge in [-0.05, 0) is 25.1 Å². The quantitative estimate of drug-likeness (QED) is 0.671. The summed E-state index contributed by atoms with van der Waals surface area (Å²) < 4.78 is 14.6. The number of hydrogen-bond acceptors (Lipinski definition) is 5. The minimum Gasteiger partial charge on any atom is -0.354 e. The maximum atomic E-state index is 13.9. The molecule has 0 aliphatic rings. The first kappa shape index (κ1) is 13.7. The van der Waals surface area contributed by atoms with Crippen molar-refractivity contribution in [3.63, 3.8) is 0 Å². The number of benzene rings is 1. The van der Waals surface area contributed by atoms with Crippen LogP contribution in [-0.4, -0.2) is 26.5 Å². The van der Waals surface area contributed by atoms with Gasteiger partial charge in [0.1, 0.15) is 11.3 Å². The molecule has 0 atom stereocenters. The largest absolute Gasteiger partial charge is 0.354 e. The van der Waals surface area contributed by atoms with Gasteiger partial charge >= 0.3 is 0 Å². The van der Waals surface area contributed by atoms with Crippen molar-refractivity contribution >= 4 is 44.5 Å². The fourth-order valence-electron chi connectivity index (χ4n) is 1.88. The van der Waals surface area contributed by atoms with Crippen molar-refractivity contribution in [3.8, 4) is 0 Å². The Bertz CT molecular complexity index is 787. The van der Waals surface area contributed by atoms with Crippen molar-refractivity contribution in [1.82, 2.24) is 19.9 Å². The highest BCUT2D eigenvalue weighted by Gasteiger charge is 2.12. The van der Waals surface area contributed by atoms with E-state index in [0.29, 0.717) is 35.2 Å². The van der Waals surface area contributed by atoms with Crippen LogP contribution in [0.3, 0.4) is 0 Å². The van der Waals surface area contributed by atoms with E-state index in [-0.39, 0.29) is 5.82 Å². The van der Waals surface area contributed by atoms with Gasteiger partial charge in [-0.3, -0.25) is 0 Å². The first-order valence-electron chi connectivity index (χ1n) is 6.34. The van der Waals surface area contributed by atoms with Gasteiger partial charge in [0, 0.05) is 11.0 Å². The smallest absolute Gasteiger partial charge is 0.226 e. The predicted octanol–water partition coefficient (Wildman–Crippen LogP) is 3.43. The van der Waals surface area contributed by atoms with E-state index < -0.39 is 0 Å². The summed E-state index contributed by atoms with van der Waals surface area (Å²) in [6, 6.07) is 4.66. The van der Waals surface area contributed by atoms with Crippen LogP contribution < -0.4 is 10.6 Å². The Morgan fingerprint density at radius 2 is 2.19 bits per heavy atom. The zero-order valence-electron chi connectivity index (χ0n) is 11.1. The molecule has 0 bridgehead atoms. The molecule has 21 heavy (non-hydrogen) atoms. The zero-order chi connectivity index (χ0) is 14.8. The van der Waals surface area contributed by atoms with Crippen LogP contribution >= 0.6 is 15.9 Å². The van der Waals surface area contributed by atoms with Crippen molar-refractivity contribution in [2.24, 2.45) is 0 Å². The molecule has 108 valence electrons. The Hall–Kier alpha value is -2.22. The van der Waals surface area contributed by atoms with Crippen molar-refractivity contribution in [1.29, 1.82) is 0 Å². The van der Waals surface area contributed by atoms with Gasteiger partial charge in [-0.15, -0.1) is 0 Å². The van der Waals surface area contributed by atoms with Crippen molar-refractivity contribution in [2.45, 2.75) is 6.92 Å². The van der Waals surface area contributed by atoms with Gasteiger partial charge in [-0.1, -0.05) is 15.9 Å². The average molecular weight is 351 g/mol. The third kappa shape index (κ3) is 2.80. The zero-order valence-corrected chi connectivity index (χ0v) is 12.7. The van der Waals surface area contributed by atoms with E-state index in [1.54, 1.807) is 12.1 Å². The molecule has 2 aromatic heterocycles. The lowest BCUT2D eigenvalue weighted by Gasteiger charge is -2.10. The minimum atomic E-state index is -0.366. The summed E-state index contributed by atoms with van der Waals surface area (Å²) in [6.07, 6.45) is 1.53. The predicted molar refractivity (Wildman–Crippen MR) is 83.2 cm³/mol. The molecule has 3 rings (SSSR count). The van der Waals surface area contributed by atoms with Crippen molar-refractivity contribution in [2.75, 3.05) is 17.2 Å². The number of anilines is 3. The van der Waals surface area contributed by atoms with Gasteiger partial charge < -0.3 is 15.6 Å². The molecule has 0 spiro atoms. The Kier molecular flexibility index (Phi) is 3.70. The fourth-order valence-corrected chi connectivity index (χ4v) is 2.24. The molecule has 6 nitrogen and oxygen atoms in total. The first-order chi connectivity index (χ1) is 10.2. The SMILES string of the molecule is CCNc1nc(Nc2cc(Br)ccc2F)c2[nH]cnc2n1. The molecule has 0 amide bonds. The molecule has 2 heterocycles. The number of nitrogens with zero attached hydrogens (tertiary/aromatic N) is 3. The average Bonchev–Trinajstić information content (AvgIpc) is 2.92. The number of imidazole rings is 1. The molecular weight excluding hydrogens is 339 g/mol. The lowest BCUT2D eigenvalue weighted by Crippen LogP contribution is -2.05. The third-order valence-corrected chi connectivity index (χ3v) is 3.30. The van der Waals surface area contributed by atoms with E-state index in [1.807, 2.05) is 6.92 Å². The highest BCUT2D eigenvalue weighted by atomic mass is 79.9. The van der Waals surface area contributed by atoms with Crippen LogP contribution in [0.25, 0.3) is 11.2 Å². The number of H-pyrrole nitrogens is 1. The molecule has 0 aliphatic carbocycles. The highest BCUT2D eigenvalue weighted by Crippen LogP contribution is 2.26. The second-order valence-corrected chi connectivity index (χ2v) is 5.19. The molecule has 0 fully saturated rings. The number of hydrogen-bond donors (Lipinski definition) is 3. The Morgan fingerprint density at radius 1 is 1.33 bits per heavy atom. The summed E-state index contributed by atoms with van der Waals surface area (Å²) in [7, 11) is 0. The number of aromatic amines is 1. The van der Waals surface area contributed by atoms with Crippen molar-refractivity contribution < 1.29 is 4.39 Å². The number of fused-ring (bicyclic) bond motifs is 1. The Balaban J connectivity index is 2.06. The lowest BCUT2D eigenvalue weighted by atomic mass is 10.3. The normalized spacial score (nSPS) is 10.8. The van der Waals surface area contributed by atoms with Crippen LogP contribution in [-0.2, 0) is 0 Å². The van der Waals surface area contributed by atoms with Crippen LogP contribution in [0.5, 0.6) is 0 Å². The first-order valence-corrected chi connectivity index (χ1v) is 7.13. The summed E-state index contributed by atoms with van der Waals surface area (Å²) in [4.78, 5) is 15.7. The number of aromatic nitrogens is 4. The second-order valence-electron chi connectivity index (χ2n) is 4.28. The maximum absolute atomic E-state index is 13.9. The molecule has 0 saturated carbocycles. The molecule has 8 heteroatoms. The summed E-state index contributed by atoms with van der Waals surface area (Å²) in [5, 5.41) is 6.00. The van der Waals surface area contributed by atoms with E-state index in [0.717, 1.165) is 4.47 Å². The standard InChI is InChI=1S/C13H12BrFN6/c1-2-16-13-20-11-10(17-6-18-11)12(21-13)19-9-5-7(14)3-4-8(9)15/h3-6H,2H2,1H3,(H3,16,17,18,19,20,21). The summed E-state index contributed by atoms with van der Waals surface area (Å²) in [5.41, 5.74) is 1.45. The van der Waals surface area contributed by atoms with Crippen molar-refractivity contribution in [3.05, 3.63) is 34.8 Å². The van der Waals surface area contributed by atoms with E-state index in [2.05, 4.69) is 46.5 Å². The molecule has 3 aromatic rings. The second kappa shape index (κ2) is 5.65. The molecule has 1 aromatic carbocycles. The van der Waals surface area contributed by atoms with Gasteiger partial charge in [0.05, 0.1) is 12.0 Å². The number of rotatable bonds is 4. The molecular formula is C13H12BrFN6. The Labute approximate surface area is 128 Å². The maximum Gasteiger partial charge on any atom is 0.226 e. The molecule has 0 aliphatic heterocycles. The van der Waals surface area contributed by atoms with E-state index in [1.165, 1.54) is 12.4 Å². The Morgan fingerprint density at radius 3 is 3.00 bits per heavy atom. The monoisotopic (exact) mass is 350 g/mol. The fraction of sp³-hybridized carbons (Fsp3) is 0.154. The summed E-state index contributed by atoms with van der Waals surface area (Å²) >= 11 is 3.32. The van der Waals surface area contributed by atoms with Crippen LogP contribution in [0.2, 0.25) is 0 Å². The minimum absolute atomic E-state index is 0.321. The molecule has 0 saturated heterocycles. The van der Waals surface area contributed by atoms with Gasteiger partial charge in [0.25, 0.3) is 0 Å². The van der Waals surface area contributed by atoms with Gasteiger partial charge in [0.15, 0.2) is 11.5 Å².